The molecule has 0 bridgehead atoms. The van der Waals surface area contributed by atoms with Gasteiger partial charge in [-0.2, -0.15) is 5.10 Å². The SMILES string of the molecule is CCCC[C@H]1CC[C@H](CCc2ccc(Cl)nn2)CC1. The Morgan fingerprint density at radius 1 is 1.05 bits per heavy atom. The molecule has 0 unspecified atom stereocenters. The fourth-order valence-corrected chi connectivity index (χ4v) is 3.23. The Hall–Kier alpha value is -0.630. The van der Waals surface area contributed by atoms with Gasteiger partial charge in [-0.3, -0.25) is 0 Å². The fraction of sp³-hybridized carbons (Fsp3) is 0.750. The average molecular weight is 281 g/mol. The van der Waals surface area contributed by atoms with Gasteiger partial charge in [0.1, 0.15) is 0 Å². The normalized spacial score (nSPS) is 23.5. The van der Waals surface area contributed by atoms with Crippen LogP contribution in [0.5, 0.6) is 0 Å². The summed E-state index contributed by atoms with van der Waals surface area (Å²) in [5.74, 6) is 1.90. The number of aryl methyl sites for hydroxylation is 1. The van der Waals surface area contributed by atoms with E-state index in [4.69, 9.17) is 11.6 Å². The van der Waals surface area contributed by atoms with Gasteiger partial charge in [-0.1, -0.05) is 63.5 Å². The van der Waals surface area contributed by atoms with Gasteiger partial charge in [0, 0.05) is 0 Å². The van der Waals surface area contributed by atoms with E-state index in [1.54, 1.807) is 0 Å². The van der Waals surface area contributed by atoms with E-state index in [0.29, 0.717) is 5.15 Å². The van der Waals surface area contributed by atoms with Crippen LogP contribution < -0.4 is 0 Å². The number of halogens is 1. The lowest BCUT2D eigenvalue weighted by Gasteiger charge is -2.28. The minimum absolute atomic E-state index is 0.486. The molecule has 1 heterocycles. The Bertz CT molecular complexity index is 356. The number of aromatic nitrogens is 2. The van der Waals surface area contributed by atoms with Crippen LogP contribution in [-0.4, -0.2) is 10.2 Å². The van der Waals surface area contributed by atoms with E-state index in [9.17, 15) is 0 Å². The van der Waals surface area contributed by atoms with Gasteiger partial charge in [0.2, 0.25) is 0 Å². The summed E-state index contributed by atoms with van der Waals surface area (Å²) in [7, 11) is 0. The molecule has 0 amide bonds. The van der Waals surface area contributed by atoms with Gasteiger partial charge in [0.25, 0.3) is 0 Å². The van der Waals surface area contributed by atoms with E-state index in [-0.39, 0.29) is 0 Å². The molecule has 106 valence electrons. The van der Waals surface area contributed by atoms with Crippen molar-refractivity contribution in [3.05, 3.63) is 23.0 Å². The zero-order valence-corrected chi connectivity index (χ0v) is 12.7. The summed E-state index contributed by atoms with van der Waals surface area (Å²) in [6.45, 7) is 2.29. The van der Waals surface area contributed by atoms with Crippen LogP contribution in [0, 0.1) is 11.8 Å². The summed E-state index contributed by atoms with van der Waals surface area (Å²) in [6.07, 6.45) is 12.2. The first kappa shape index (κ1) is 14.8. The first-order valence-corrected chi connectivity index (χ1v) is 8.13. The van der Waals surface area contributed by atoms with Crippen LogP contribution in [0.15, 0.2) is 12.1 Å². The predicted octanol–water partition coefficient (Wildman–Crippen LogP) is 5.06. The van der Waals surface area contributed by atoms with Crippen molar-refractivity contribution in [2.75, 3.05) is 0 Å². The van der Waals surface area contributed by atoms with Gasteiger partial charge in [0.05, 0.1) is 5.69 Å². The van der Waals surface area contributed by atoms with Crippen molar-refractivity contribution in [1.29, 1.82) is 0 Å². The highest BCUT2D eigenvalue weighted by Crippen LogP contribution is 2.33. The van der Waals surface area contributed by atoms with Gasteiger partial charge in [-0.15, -0.1) is 5.10 Å². The molecule has 0 radical (unpaired) electrons. The average Bonchev–Trinajstić information content (AvgIpc) is 2.46. The van der Waals surface area contributed by atoms with Gasteiger partial charge in [0.15, 0.2) is 5.15 Å². The molecule has 1 fully saturated rings. The Balaban J connectivity index is 1.67. The third kappa shape index (κ3) is 5.10. The zero-order valence-electron chi connectivity index (χ0n) is 11.9. The van der Waals surface area contributed by atoms with Crippen LogP contribution in [-0.2, 0) is 6.42 Å². The minimum Gasteiger partial charge on any atom is -0.154 e. The van der Waals surface area contributed by atoms with Crippen LogP contribution in [0.2, 0.25) is 5.15 Å². The zero-order chi connectivity index (χ0) is 13.5. The molecule has 0 atom stereocenters. The van der Waals surface area contributed by atoms with Crippen molar-refractivity contribution < 1.29 is 0 Å². The third-order valence-electron chi connectivity index (χ3n) is 4.43. The van der Waals surface area contributed by atoms with Gasteiger partial charge >= 0.3 is 0 Å². The molecule has 0 spiro atoms. The van der Waals surface area contributed by atoms with Crippen LogP contribution in [0.3, 0.4) is 0 Å². The van der Waals surface area contributed by atoms with Crippen molar-refractivity contribution in [3.8, 4) is 0 Å². The lowest BCUT2D eigenvalue weighted by Crippen LogP contribution is -2.15. The van der Waals surface area contributed by atoms with E-state index in [2.05, 4.69) is 17.1 Å². The second-order valence-electron chi connectivity index (χ2n) is 5.92. The molecule has 0 N–H and O–H groups in total. The number of rotatable bonds is 6. The molecule has 19 heavy (non-hydrogen) atoms. The summed E-state index contributed by atoms with van der Waals surface area (Å²) < 4.78 is 0. The summed E-state index contributed by atoms with van der Waals surface area (Å²) in [5, 5.41) is 8.53. The number of hydrogen-bond acceptors (Lipinski definition) is 2. The van der Waals surface area contributed by atoms with E-state index in [1.165, 1.54) is 51.4 Å². The van der Waals surface area contributed by atoms with Crippen molar-refractivity contribution in [3.63, 3.8) is 0 Å². The molecule has 0 aliphatic heterocycles. The summed E-state index contributed by atoms with van der Waals surface area (Å²) in [6, 6.07) is 3.84. The first-order valence-electron chi connectivity index (χ1n) is 7.76. The minimum atomic E-state index is 0.486. The molecule has 2 nitrogen and oxygen atoms in total. The Morgan fingerprint density at radius 2 is 1.74 bits per heavy atom. The molecule has 0 saturated heterocycles. The summed E-state index contributed by atoms with van der Waals surface area (Å²) >= 11 is 5.74. The van der Waals surface area contributed by atoms with Crippen molar-refractivity contribution in [2.45, 2.75) is 64.7 Å². The van der Waals surface area contributed by atoms with Crippen LogP contribution in [0.25, 0.3) is 0 Å². The largest absolute Gasteiger partial charge is 0.154 e. The molecule has 1 aromatic rings. The number of hydrogen-bond donors (Lipinski definition) is 0. The summed E-state index contributed by atoms with van der Waals surface area (Å²) in [5.41, 5.74) is 1.08. The summed E-state index contributed by atoms with van der Waals surface area (Å²) in [4.78, 5) is 0. The predicted molar refractivity (Wildman–Crippen MR) is 80.3 cm³/mol. The maximum atomic E-state index is 5.74. The van der Waals surface area contributed by atoms with E-state index >= 15 is 0 Å². The van der Waals surface area contributed by atoms with Gasteiger partial charge in [-0.25, -0.2) is 0 Å². The van der Waals surface area contributed by atoms with Crippen molar-refractivity contribution >= 4 is 11.6 Å². The Labute approximate surface area is 122 Å². The topological polar surface area (TPSA) is 25.8 Å². The maximum Gasteiger partial charge on any atom is 0.151 e. The molecule has 1 aliphatic carbocycles. The Kier molecular flexibility index (Phi) is 6.09. The van der Waals surface area contributed by atoms with E-state index in [0.717, 1.165) is 24.0 Å². The second-order valence-corrected chi connectivity index (χ2v) is 6.30. The molecular formula is C16H25ClN2. The highest BCUT2D eigenvalue weighted by atomic mass is 35.5. The van der Waals surface area contributed by atoms with Crippen LogP contribution in [0.1, 0.15) is 64.0 Å². The molecular weight excluding hydrogens is 256 g/mol. The fourth-order valence-electron chi connectivity index (χ4n) is 3.13. The molecule has 0 aromatic carbocycles. The maximum absolute atomic E-state index is 5.74. The number of unbranched alkanes of at least 4 members (excludes halogenated alkanes) is 1. The monoisotopic (exact) mass is 280 g/mol. The van der Waals surface area contributed by atoms with Crippen molar-refractivity contribution in [1.82, 2.24) is 10.2 Å². The van der Waals surface area contributed by atoms with Gasteiger partial charge in [-0.05, 0) is 36.8 Å². The lowest BCUT2D eigenvalue weighted by atomic mass is 9.78. The molecule has 2 rings (SSSR count). The molecule has 1 saturated carbocycles. The first-order chi connectivity index (χ1) is 9.28. The quantitative estimate of drug-likeness (QED) is 0.728. The van der Waals surface area contributed by atoms with E-state index in [1.807, 2.05) is 12.1 Å². The molecule has 1 aromatic heterocycles. The highest BCUT2D eigenvalue weighted by molar-refractivity contribution is 6.29. The molecule has 3 heteroatoms. The second kappa shape index (κ2) is 7.84. The van der Waals surface area contributed by atoms with E-state index < -0.39 is 0 Å². The smallest absolute Gasteiger partial charge is 0.151 e. The van der Waals surface area contributed by atoms with Gasteiger partial charge < -0.3 is 0 Å². The van der Waals surface area contributed by atoms with Crippen LogP contribution in [0.4, 0.5) is 0 Å². The standard InChI is InChI=1S/C16H25ClN2/c1-2-3-4-13-5-7-14(8-6-13)9-10-15-11-12-16(17)19-18-15/h11-14H,2-10H2,1H3/t13-,14-. The molecule has 1 aliphatic rings. The highest BCUT2D eigenvalue weighted by Gasteiger charge is 2.20. The van der Waals surface area contributed by atoms with Crippen LogP contribution >= 0.6 is 11.6 Å². The van der Waals surface area contributed by atoms with Crippen molar-refractivity contribution in [2.24, 2.45) is 11.8 Å². The third-order valence-corrected chi connectivity index (χ3v) is 4.63. The Morgan fingerprint density at radius 3 is 2.32 bits per heavy atom. The lowest BCUT2D eigenvalue weighted by molar-refractivity contribution is 0.249. The number of nitrogens with zero attached hydrogens (tertiary/aromatic N) is 2.